The molecule has 0 aliphatic carbocycles. The molecule has 8 nitrogen and oxygen atoms in total. The van der Waals surface area contributed by atoms with Crippen LogP contribution in [0.2, 0.25) is 0 Å². The molecule has 0 fully saturated rings. The van der Waals surface area contributed by atoms with E-state index >= 15 is 0 Å². The molecule has 5 N–H and O–H groups in total. The van der Waals surface area contributed by atoms with E-state index in [0.29, 0.717) is 34.5 Å². The van der Waals surface area contributed by atoms with E-state index in [9.17, 15) is 14.4 Å². The SMILES string of the molecule is CC(C)(C)OC(=O)Nc1ccccc1NC(=O)c1ccc(C=O)cc1.Nc1cc2ccc(O)cc2s1. The zero-order valence-corrected chi connectivity index (χ0v) is 20.9. The van der Waals surface area contributed by atoms with E-state index in [4.69, 9.17) is 15.6 Å². The van der Waals surface area contributed by atoms with Crippen molar-refractivity contribution in [3.63, 3.8) is 0 Å². The number of fused-ring (bicyclic) bond motifs is 1. The van der Waals surface area contributed by atoms with Gasteiger partial charge < -0.3 is 20.9 Å². The third-order valence-electron chi connectivity index (χ3n) is 4.64. The van der Waals surface area contributed by atoms with Crippen LogP contribution in [0.15, 0.2) is 72.8 Å². The summed E-state index contributed by atoms with van der Waals surface area (Å²) >= 11 is 1.48. The fraction of sp³-hybridized carbons (Fsp3) is 0.148. The Morgan fingerprint density at radius 2 is 1.58 bits per heavy atom. The van der Waals surface area contributed by atoms with E-state index in [1.165, 1.54) is 11.3 Å². The van der Waals surface area contributed by atoms with Crippen molar-refractivity contribution < 1.29 is 24.2 Å². The van der Waals surface area contributed by atoms with Crippen LogP contribution in [0.4, 0.5) is 21.2 Å². The number of thiophene rings is 1. The molecule has 186 valence electrons. The first-order chi connectivity index (χ1) is 17.0. The standard InChI is InChI=1S/C19H20N2O4.C8H7NOS/c1-19(2,3)25-18(24)21-16-7-5-4-6-15(16)20-17(23)14-10-8-13(12-22)9-11-14;9-8-3-5-1-2-6(10)4-7(5)11-8/h4-12H,1-3H3,(H,20,23)(H,21,24);1-4,10H,9H2. The van der Waals surface area contributed by atoms with Crippen molar-refractivity contribution in [3.8, 4) is 5.75 Å². The van der Waals surface area contributed by atoms with E-state index in [2.05, 4.69) is 10.6 Å². The molecule has 0 aliphatic rings. The van der Waals surface area contributed by atoms with Crippen molar-refractivity contribution >= 4 is 56.1 Å². The molecule has 3 aromatic carbocycles. The van der Waals surface area contributed by atoms with Gasteiger partial charge in [-0.05, 0) is 74.7 Å². The maximum absolute atomic E-state index is 12.3. The lowest BCUT2D eigenvalue weighted by molar-refractivity contribution is 0.0635. The van der Waals surface area contributed by atoms with Gasteiger partial charge in [0.05, 0.1) is 16.4 Å². The van der Waals surface area contributed by atoms with Crippen molar-refractivity contribution in [2.75, 3.05) is 16.4 Å². The van der Waals surface area contributed by atoms with Gasteiger partial charge in [-0.15, -0.1) is 11.3 Å². The first-order valence-corrected chi connectivity index (χ1v) is 11.8. The van der Waals surface area contributed by atoms with Crippen molar-refractivity contribution in [1.29, 1.82) is 0 Å². The lowest BCUT2D eigenvalue weighted by atomic mass is 10.1. The molecule has 0 bridgehead atoms. The molecule has 2 amide bonds. The van der Waals surface area contributed by atoms with Gasteiger partial charge in [-0.3, -0.25) is 14.9 Å². The van der Waals surface area contributed by atoms with E-state index in [0.717, 1.165) is 15.1 Å². The highest BCUT2D eigenvalue weighted by Gasteiger charge is 2.17. The topological polar surface area (TPSA) is 131 Å². The maximum Gasteiger partial charge on any atom is 0.412 e. The van der Waals surface area contributed by atoms with E-state index in [1.807, 2.05) is 12.1 Å². The number of phenols is 1. The van der Waals surface area contributed by atoms with Gasteiger partial charge in [0.15, 0.2) is 0 Å². The summed E-state index contributed by atoms with van der Waals surface area (Å²) in [4.78, 5) is 34.9. The summed E-state index contributed by atoms with van der Waals surface area (Å²) in [5.41, 5.74) is 6.71. The minimum Gasteiger partial charge on any atom is -0.508 e. The summed E-state index contributed by atoms with van der Waals surface area (Å²) in [5.74, 6) is -0.0600. The summed E-state index contributed by atoms with van der Waals surface area (Å²) in [6, 6.07) is 20.2. The van der Waals surface area contributed by atoms with Gasteiger partial charge in [-0.1, -0.05) is 24.3 Å². The molecule has 36 heavy (non-hydrogen) atoms. The lowest BCUT2D eigenvalue weighted by Crippen LogP contribution is -2.27. The van der Waals surface area contributed by atoms with E-state index in [-0.39, 0.29) is 5.91 Å². The molecule has 1 heterocycles. The minimum atomic E-state index is -0.622. The molecule has 4 rings (SSSR count). The largest absolute Gasteiger partial charge is 0.508 e. The summed E-state index contributed by atoms with van der Waals surface area (Å²) in [6.45, 7) is 5.30. The lowest BCUT2D eigenvalue weighted by Gasteiger charge is -2.20. The average molecular weight is 506 g/mol. The number of amides is 2. The first kappa shape index (κ1) is 26.2. The van der Waals surface area contributed by atoms with Crippen LogP contribution in [-0.2, 0) is 4.74 Å². The van der Waals surface area contributed by atoms with Crippen LogP contribution in [0, 0.1) is 0 Å². The number of carbonyl (C=O) groups excluding carboxylic acids is 3. The molecule has 0 aliphatic heterocycles. The van der Waals surface area contributed by atoms with Crippen molar-refractivity contribution in [1.82, 2.24) is 0 Å². The number of carbonyl (C=O) groups is 3. The zero-order chi connectivity index (χ0) is 26.3. The van der Waals surface area contributed by atoms with Gasteiger partial charge >= 0.3 is 6.09 Å². The summed E-state index contributed by atoms with van der Waals surface area (Å²) < 4.78 is 6.25. The van der Waals surface area contributed by atoms with Gasteiger partial charge in [0, 0.05) is 15.8 Å². The Bertz CT molecular complexity index is 1370. The normalized spacial score (nSPS) is 10.6. The monoisotopic (exact) mass is 505 g/mol. The first-order valence-electron chi connectivity index (χ1n) is 11.0. The number of hydrogen-bond acceptors (Lipinski definition) is 7. The quantitative estimate of drug-likeness (QED) is 0.241. The third kappa shape index (κ3) is 7.57. The predicted octanol–water partition coefficient (Wildman–Crippen LogP) is 6.29. The predicted molar refractivity (Wildman–Crippen MR) is 144 cm³/mol. The fourth-order valence-electron chi connectivity index (χ4n) is 3.06. The van der Waals surface area contributed by atoms with E-state index < -0.39 is 11.7 Å². The number of benzene rings is 3. The van der Waals surface area contributed by atoms with Gasteiger partial charge in [0.1, 0.15) is 17.6 Å². The average Bonchev–Trinajstić information content (AvgIpc) is 3.18. The Kier molecular flexibility index (Phi) is 8.29. The van der Waals surface area contributed by atoms with Crippen molar-refractivity contribution in [3.05, 3.63) is 83.9 Å². The fourth-order valence-corrected chi connectivity index (χ4v) is 3.93. The summed E-state index contributed by atoms with van der Waals surface area (Å²) in [6.07, 6.45) is 0.103. The highest BCUT2D eigenvalue weighted by atomic mass is 32.1. The molecule has 0 spiro atoms. The molecule has 4 aromatic rings. The number of aldehydes is 1. The molecular formula is C27H27N3O5S. The number of nitrogen functional groups attached to an aromatic ring is 1. The smallest absolute Gasteiger partial charge is 0.412 e. The number of anilines is 3. The third-order valence-corrected chi connectivity index (χ3v) is 5.57. The summed E-state index contributed by atoms with van der Waals surface area (Å²) in [7, 11) is 0. The number of hydrogen-bond donors (Lipinski definition) is 4. The van der Waals surface area contributed by atoms with Crippen LogP contribution >= 0.6 is 11.3 Å². The molecule has 0 radical (unpaired) electrons. The van der Waals surface area contributed by atoms with Gasteiger partial charge in [-0.25, -0.2) is 4.79 Å². The molecule has 0 atom stereocenters. The molecule has 9 heteroatoms. The van der Waals surface area contributed by atoms with Crippen molar-refractivity contribution in [2.24, 2.45) is 0 Å². The molecule has 0 saturated heterocycles. The van der Waals surface area contributed by atoms with Crippen LogP contribution in [0.3, 0.4) is 0 Å². The molecule has 0 saturated carbocycles. The Morgan fingerprint density at radius 1 is 0.944 bits per heavy atom. The Hall–Kier alpha value is -4.37. The van der Waals surface area contributed by atoms with Gasteiger partial charge in [-0.2, -0.15) is 0 Å². The number of phenolic OH excluding ortho intramolecular Hbond substituents is 1. The van der Waals surface area contributed by atoms with Crippen LogP contribution in [0.1, 0.15) is 41.5 Å². The molecule has 1 aromatic heterocycles. The number of rotatable bonds is 4. The number of ether oxygens (including phenoxy) is 1. The minimum absolute atomic E-state index is 0.291. The van der Waals surface area contributed by atoms with Crippen LogP contribution in [-0.4, -0.2) is 29.0 Å². The Morgan fingerprint density at radius 3 is 2.19 bits per heavy atom. The number of nitrogens with two attached hydrogens (primary N) is 1. The van der Waals surface area contributed by atoms with E-state index in [1.54, 1.807) is 81.4 Å². The zero-order valence-electron chi connectivity index (χ0n) is 20.1. The second kappa shape index (κ2) is 11.4. The number of aromatic hydroxyl groups is 1. The molecule has 0 unspecified atom stereocenters. The molecular weight excluding hydrogens is 478 g/mol. The van der Waals surface area contributed by atoms with Crippen LogP contribution in [0.5, 0.6) is 5.75 Å². The highest BCUT2D eigenvalue weighted by Crippen LogP contribution is 2.29. The Labute approximate surface area is 212 Å². The second-order valence-corrected chi connectivity index (χ2v) is 9.85. The number of para-hydroxylation sites is 2. The van der Waals surface area contributed by atoms with Crippen LogP contribution in [0.25, 0.3) is 10.1 Å². The van der Waals surface area contributed by atoms with Gasteiger partial charge in [0.25, 0.3) is 5.91 Å². The highest BCUT2D eigenvalue weighted by molar-refractivity contribution is 7.22. The summed E-state index contributed by atoms with van der Waals surface area (Å²) in [5, 5.41) is 16.3. The van der Waals surface area contributed by atoms with Crippen molar-refractivity contribution in [2.45, 2.75) is 26.4 Å². The second-order valence-electron chi connectivity index (χ2n) is 8.74. The van der Waals surface area contributed by atoms with Gasteiger partial charge in [0.2, 0.25) is 0 Å². The maximum atomic E-state index is 12.3. The number of nitrogens with one attached hydrogen (secondary N) is 2. The Balaban J connectivity index is 0.000000270. The van der Waals surface area contributed by atoms with Crippen LogP contribution < -0.4 is 16.4 Å².